The van der Waals surface area contributed by atoms with Gasteiger partial charge in [-0.15, -0.1) is 0 Å². The largest absolute Gasteiger partial charge is 0.484 e. The number of nitrogens with zero attached hydrogens (tertiary/aromatic N) is 2. The van der Waals surface area contributed by atoms with Gasteiger partial charge in [-0.3, -0.25) is 4.90 Å². The monoisotopic (exact) mass is 553 g/mol. The zero-order valence-electron chi connectivity index (χ0n) is 20.5. The number of rotatable bonds is 8. The third-order valence-electron chi connectivity index (χ3n) is 6.12. The second-order valence-corrected chi connectivity index (χ2v) is 9.09. The molecular formula is C27H25F6N3O3. The summed E-state index contributed by atoms with van der Waals surface area (Å²) in [5.74, 6) is -1.07. The van der Waals surface area contributed by atoms with E-state index in [2.05, 4.69) is 10.2 Å². The Labute approximate surface area is 220 Å². The Morgan fingerprint density at radius 1 is 0.872 bits per heavy atom. The van der Waals surface area contributed by atoms with E-state index < -0.39 is 30.5 Å². The van der Waals surface area contributed by atoms with Crippen LogP contribution in [0.3, 0.4) is 0 Å². The van der Waals surface area contributed by atoms with Crippen LogP contribution in [0.2, 0.25) is 0 Å². The van der Waals surface area contributed by atoms with Gasteiger partial charge < -0.3 is 20.1 Å². The number of alkyl halides is 6. The van der Waals surface area contributed by atoms with E-state index >= 15 is 0 Å². The third-order valence-corrected chi connectivity index (χ3v) is 6.12. The molecule has 0 atom stereocenters. The predicted octanol–water partition coefficient (Wildman–Crippen LogP) is 6.41. The first-order valence-corrected chi connectivity index (χ1v) is 11.9. The van der Waals surface area contributed by atoms with Gasteiger partial charge in [-0.1, -0.05) is 18.2 Å². The maximum Gasteiger partial charge on any atom is 0.422 e. The molecule has 4 rings (SSSR count). The van der Waals surface area contributed by atoms with Gasteiger partial charge in [0.05, 0.1) is 11.1 Å². The molecule has 39 heavy (non-hydrogen) atoms. The van der Waals surface area contributed by atoms with Crippen molar-refractivity contribution in [2.24, 2.45) is 0 Å². The number of carboxylic acids is 1. The van der Waals surface area contributed by atoms with Crippen molar-refractivity contribution >= 4 is 23.0 Å². The second-order valence-electron chi connectivity index (χ2n) is 9.09. The molecule has 6 nitrogen and oxygen atoms in total. The van der Waals surface area contributed by atoms with Gasteiger partial charge in [0, 0.05) is 61.9 Å². The molecule has 3 aromatic rings. The first-order valence-electron chi connectivity index (χ1n) is 11.9. The van der Waals surface area contributed by atoms with E-state index in [9.17, 15) is 31.1 Å². The summed E-state index contributed by atoms with van der Waals surface area (Å²) in [6, 6.07) is 15.6. The Balaban J connectivity index is 1.48. The number of anilines is 3. The zero-order chi connectivity index (χ0) is 28.2. The molecule has 2 N–H and O–H groups in total. The van der Waals surface area contributed by atoms with Gasteiger partial charge in [0.1, 0.15) is 5.75 Å². The summed E-state index contributed by atoms with van der Waals surface area (Å²) < 4.78 is 82.7. The number of nitrogens with one attached hydrogen (secondary N) is 1. The molecule has 0 aliphatic carbocycles. The van der Waals surface area contributed by atoms with Crippen LogP contribution in [-0.2, 0) is 12.7 Å². The molecule has 0 amide bonds. The Kier molecular flexibility index (Phi) is 8.24. The average molecular weight is 554 g/mol. The minimum absolute atomic E-state index is 0.0692. The summed E-state index contributed by atoms with van der Waals surface area (Å²) >= 11 is 0. The number of ether oxygens (including phenoxy) is 1. The molecule has 0 radical (unpaired) electrons. The highest BCUT2D eigenvalue weighted by Crippen LogP contribution is 2.34. The Morgan fingerprint density at radius 3 is 2.18 bits per heavy atom. The van der Waals surface area contributed by atoms with Crippen molar-refractivity contribution in [3.8, 4) is 5.75 Å². The molecule has 1 heterocycles. The predicted molar refractivity (Wildman–Crippen MR) is 134 cm³/mol. The molecule has 1 fully saturated rings. The molecule has 1 saturated heterocycles. The number of halogens is 6. The van der Waals surface area contributed by atoms with Gasteiger partial charge in [-0.2, -0.15) is 26.3 Å². The molecular weight excluding hydrogens is 528 g/mol. The lowest BCUT2D eigenvalue weighted by molar-refractivity contribution is -0.153. The van der Waals surface area contributed by atoms with Gasteiger partial charge in [0.15, 0.2) is 6.61 Å². The molecule has 0 spiro atoms. The molecule has 0 bridgehead atoms. The van der Waals surface area contributed by atoms with Crippen molar-refractivity contribution in [2.75, 3.05) is 43.0 Å². The summed E-state index contributed by atoms with van der Waals surface area (Å²) in [7, 11) is 0. The maximum atomic E-state index is 13.1. The molecule has 0 saturated carbocycles. The summed E-state index contributed by atoms with van der Waals surface area (Å²) in [6.07, 6.45) is -9.10. The first-order chi connectivity index (χ1) is 18.4. The Bertz CT molecular complexity index is 1290. The minimum atomic E-state index is -4.56. The summed E-state index contributed by atoms with van der Waals surface area (Å²) in [6.45, 7) is 1.44. The smallest absolute Gasteiger partial charge is 0.422 e. The average Bonchev–Trinajstić information content (AvgIpc) is 2.87. The molecule has 1 aliphatic heterocycles. The number of benzene rings is 3. The SMILES string of the molecule is O=C(O)c1ccc(CN2CCN(c3cc(Nc4cccc(C(F)(F)F)c4)cc(OCC(F)(F)F)c3)CC2)cc1. The molecule has 0 aromatic heterocycles. The quantitative estimate of drug-likeness (QED) is 0.315. The summed E-state index contributed by atoms with van der Waals surface area (Å²) in [5, 5.41) is 11.9. The van der Waals surface area contributed by atoms with Crippen molar-refractivity contribution in [3.63, 3.8) is 0 Å². The highest BCUT2D eigenvalue weighted by molar-refractivity contribution is 5.87. The van der Waals surface area contributed by atoms with Gasteiger partial charge >= 0.3 is 18.3 Å². The lowest BCUT2D eigenvalue weighted by Crippen LogP contribution is -2.46. The molecule has 0 unspecified atom stereocenters. The zero-order valence-corrected chi connectivity index (χ0v) is 20.5. The maximum absolute atomic E-state index is 13.1. The normalized spacial score (nSPS) is 14.8. The van der Waals surface area contributed by atoms with E-state index in [0.29, 0.717) is 38.4 Å². The van der Waals surface area contributed by atoms with Gasteiger partial charge in [0.2, 0.25) is 0 Å². The lowest BCUT2D eigenvalue weighted by atomic mass is 10.1. The van der Waals surface area contributed by atoms with Gasteiger partial charge in [0.25, 0.3) is 0 Å². The topological polar surface area (TPSA) is 65.0 Å². The fourth-order valence-electron chi connectivity index (χ4n) is 4.20. The van der Waals surface area contributed by atoms with E-state index in [1.54, 1.807) is 30.3 Å². The van der Waals surface area contributed by atoms with E-state index in [0.717, 1.165) is 17.7 Å². The fourth-order valence-corrected chi connectivity index (χ4v) is 4.20. The third kappa shape index (κ3) is 8.03. The van der Waals surface area contributed by atoms with Crippen LogP contribution in [0, 0.1) is 0 Å². The number of aromatic carboxylic acids is 1. The van der Waals surface area contributed by atoms with Crippen molar-refractivity contribution < 1.29 is 41.0 Å². The van der Waals surface area contributed by atoms with Gasteiger partial charge in [-0.05, 0) is 42.0 Å². The van der Waals surface area contributed by atoms with E-state index in [4.69, 9.17) is 9.84 Å². The first kappa shape index (κ1) is 28.1. The van der Waals surface area contributed by atoms with Crippen molar-refractivity contribution in [3.05, 3.63) is 83.4 Å². The number of hydrogen-bond acceptors (Lipinski definition) is 5. The van der Waals surface area contributed by atoms with Crippen molar-refractivity contribution in [1.29, 1.82) is 0 Å². The van der Waals surface area contributed by atoms with Crippen molar-refractivity contribution in [2.45, 2.75) is 18.9 Å². The summed E-state index contributed by atoms with van der Waals surface area (Å²) in [5.41, 5.74) is 1.27. The second kappa shape index (κ2) is 11.4. The van der Waals surface area contributed by atoms with E-state index in [-0.39, 0.29) is 22.7 Å². The van der Waals surface area contributed by atoms with E-state index in [1.807, 2.05) is 4.90 Å². The lowest BCUT2D eigenvalue weighted by Gasteiger charge is -2.36. The minimum Gasteiger partial charge on any atom is -0.484 e. The highest BCUT2D eigenvalue weighted by Gasteiger charge is 2.31. The van der Waals surface area contributed by atoms with Crippen LogP contribution in [0.25, 0.3) is 0 Å². The fraction of sp³-hybridized carbons (Fsp3) is 0.296. The standard InChI is InChI=1S/C27H25F6N3O3/c28-26(29,30)17-39-24-14-22(34-21-3-1-2-20(12-21)27(31,32)33)13-23(15-24)36-10-8-35(9-11-36)16-18-4-6-19(7-5-18)25(37)38/h1-7,12-15,34H,8-11,16-17H2,(H,37,38). The number of carboxylic acid groups (broad SMARTS) is 1. The van der Waals surface area contributed by atoms with Crippen molar-refractivity contribution in [1.82, 2.24) is 4.90 Å². The van der Waals surface area contributed by atoms with Crippen LogP contribution < -0.4 is 15.0 Å². The van der Waals surface area contributed by atoms with Crippen LogP contribution in [0.5, 0.6) is 5.75 Å². The number of piperazine rings is 1. The van der Waals surface area contributed by atoms with Crippen LogP contribution in [0.4, 0.5) is 43.4 Å². The molecule has 12 heteroatoms. The van der Waals surface area contributed by atoms with Crippen LogP contribution >= 0.6 is 0 Å². The highest BCUT2D eigenvalue weighted by atomic mass is 19.4. The summed E-state index contributed by atoms with van der Waals surface area (Å²) in [4.78, 5) is 15.2. The molecule has 3 aromatic carbocycles. The van der Waals surface area contributed by atoms with Crippen LogP contribution in [-0.4, -0.2) is 54.9 Å². The Hall–Kier alpha value is -3.93. The molecule has 208 valence electrons. The Morgan fingerprint density at radius 2 is 1.56 bits per heavy atom. The van der Waals surface area contributed by atoms with E-state index in [1.165, 1.54) is 24.3 Å². The number of carbonyl (C=O) groups is 1. The van der Waals surface area contributed by atoms with Crippen LogP contribution in [0.1, 0.15) is 21.5 Å². The molecule has 1 aliphatic rings. The van der Waals surface area contributed by atoms with Gasteiger partial charge in [-0.25, -0.2) is 4.79 Å². The number of hydrogen-bond donors (Lipinski definition) is 2. The van der Waals surface area contributed by atoms with Crippen LogP contribution in [0.15, 0.2) is 66.7 Å².